The first-order valence-electron chi connectivity index (χ1n) is 13.1. The maximum atomic E-state index is 12.5. The summed E-state index contributed by atoms with van der Waals surface area (Å²) >= 11 is 0. The fraction of sp³-hybridized carbons (Fsp3) is 0.593. The molecule has 7 heteroatoms. The molecule has 2 fully saturated rings. The van der Waals surface area contributed by atoms with E-state index in [0.29, 0.717) is 18.1 Å². The molecule has 1 aliphatic carbocycles. The number of anilines is 1. The van der Waals surface area contributed by atoms with Gasteiger partial charge in [0.2, 0.25) is 0 Å². The number of pyridine rings is 1. The Morgan fingerprint density at radius 3 is 3.00 bits per heavy atom. The monoisotopic (exact) mass is 479 g/mol. The summed E-state index contributed by atoms with van der Waals surface area (Å²) in [6.07, 6.45) is 8.88. The lowest BCUT2D eigenvalue weighted by molar-refractivity contribution is 0.191. The number of nitrogens with zero attached hydrogens (tertiary/aromatic N) is 4. The third kappa shape index (κ3) is 4.32. The number of likely N-dealkylation sites (N-methyl/N-ethyl adjacent to an activating group) is 1. The summed E-state index contributed by atoms with van der Waals surface area (Å²) in [7, 11) is 1.50. The van der Waals surface area contributed by atoms with E-state index in [-0.39, 0.29) is 0 Å². The van der Waals surface area contributed by atoms with Crippen LogP contribution in [0, 0.1) is 0 Å². The molecule has 182 valence electrons. The van der Waals surface area contributed by atoms with E-state index >= 15 is 0 Å². The van der Waals surface area contributed by atoms with Crippen molar-refractivity contribution in [3.63, 3.8) is 0 Å². The van der Waals surface area contributed by atoms with E-state index in [2.05, 4.69) is 56.8 Å². The van der Waals surface area contributed by atoms with E-state index in [0.717, 1.165) is 57.7 Å². The highest BCUT2D eigenvalue weighted by molar-refractivity contribution is 7.82. The second-order valence-corrected chi connectivity index (χ2v) is 12.0. The van der Waals surface area contributed by atoms with Gasteiger partial charge in [0.05, 0.1) is 22.7 Å². The zero-order chi connectivity index (χ0) is 23.1. The highest BCUT2D eigenvalue weighted by Gasteiger charge is 2.35. The van der Waals surface area contributed by atoms with Gasteiger partial charge >= 0.3 is 0 Å². The number of fused-ring (bicyclic) bond motifs is 3. The number of piperazine rings is 1. The van der Waals surface area contributed by atoms with Crippen LogP contribution in [0.25, 0.3) is 0 Å². The van der Waals surface area contributed by atoms with Crippen LogP contribution in [0.3, 0.4) is 0 Å². The highest BCUT2D eigenvalue weighted by atomic mass is 32.2. The standard InChI is InChI=1S/C27H37N5OS/c1-30(26-11-2-6-20-8-4-12-28-27(20)26)18-22-16-24-21(17-29-22)7-3-10-25(24)31-13-14-32-23(19-31)9-5-15-34(32)33/h3-4,7-8,10,12,22-23,26,29H,2,5-6,9,11,13-19H2,1H3/t22-,23+,26+,34?/m1/s1. The van der Waals surface area contributed by atoms with Crippen LogP contribution in [-0.4, -0.2) is 69.5 Å². The van der Waals surface area contributed by atoms with Gasteiger partial charge in [-0.05, 0) is 74.4 Å². The molecule has 6 rings (SSSR count). The van der Waals surface area contributed by atoms with Crippen LogP contribution in [0.4, 0.5) is 5.69 Å². The summed E-state index contributed by atoms with van der Waals surface area (Å²) in [4.78, 5) is 9.88. The lowest BCUT2D eigenvalue weighted by atomic mass is 9.89. The number of benzene rings is 1. The molecule has 0 spiro atoms. The Kier molecular flexibility index (Phi) is 6.45. The molecule has 0 bridgehead atoms. The quantitative estimate of drug-likeness (QED) is 0.731. The van der Waals surface area contributed by atoms with Gasteiger partial charge in [0.25, 0.3) is 0 Å². The van der Waals surface area contributed by atoms with Gasteiger partial charge in [0.1, 0.15) is 0 Å². The predicted octanol–water partition coefficient (Wildman–Crippen LogP) is 3.05. The molecule has 4 atom stereocenters. The molecule has 0 saturated carbocycles. The van der Waals surface area contributed by atoms with Gasteiger partial charge in [-0.1, -0.05) is 18.2 Å². The average molecular weight is 480 g/mol. The topological polar surface area (TPSA) is 51.7 Å². The molecule has 0 amide bonds. The molecule has 1 N–H and O–H groups in total. The van der Waals surface area contributed by atoms with E-state index in [1.807, 2.05) is 6.20 Å². The van der Waals surface area contributed by atoms with Crippen molar-refractivity contribution in [2.24, 2.45) is 0 Å². The lowest BCUT2D eigenvalue weighted by Crippen LogP contribution is -2.56. The van der Waals surface area contributed by atoms with Crippen LogP contribution in [0.5, 0.6) is 0 Å². The second kappa shape index (κ2) is 9.69. The molecule has 3 aliphatic heterocycles. The van der Waals surface area contributed by atoms with Crippen molar-refractivity contribution in [1.29, 1.82) is 0 Å². The van der Waals surface area contributed by atoms with Gasteiger partial charge in [-0.3, -0.25) is 9.88 Å². The zero-order valence-electron chi connectivity index (χ0n) is 20.3. The van der Waals surface area contributed by atoms with E-state index in [1.165, 1.54) is 47.3 Å². The normalized spacial score (nSPS) is 29.4. The Bertz CT molecular complexity index is 1060. The van der Waals surface area contributed by atoms with E-state index in [1.54, 1.807) is 0 Å². The van der Waals surface area contributed by atoms with Crippen molar-refractivity contribution < 1.29 is 4.21 Å². The average Bonchev–Trinajstić information content (AvgIpc) is 2.88. The third-order valence-corrected chi connectivity index (χ3v) is 10.0. The SMILES string of the molecule is CN(C[C@H]1Cc2c(cccc2N2CCN3[C@@H](CCCS3=O)C2)CN1)[C@H]1CCCc2cccnc21. The summed E-state index contributed by atoms with van der Waals surface area (Å²) in [5, 5.41) is 3.82. The molecule has 0 radical (unpaired) electrons. The minimum Gasteiger partial charge on any atom is -0.368 e. The highest BCUT2D eigenvalue weighted by Crippen LogP contribution is 2.34. The van der Waals surface area contributed by atoms with Gasteiger partial charge in [-0.15, -0.1) is 0 Å². The summed E-state index contributed by atoms with van der Waals surface area (Å²) in [6.45, 7) is 4.86. The van der Waals surface area contributed by atoms with E-state index in [9.17, 15) is 4.21 Å². The minimum atomic E-state index is -0.775. The van der Waals surface area contributed by atoms with Crippen LogP contribution in [0.2, 0.25) is 0 Å². The maximum Gasteiger partial charge on any atom is 0.0946 e. The summed E-state index contributed by atoms with van der Waals surface area (Å²) in [5.41, 5.74) is 7.09. The molecular formula is C27H37N5OS. The van der Waals surface area contributed by atoms with Gasteiger partial charge < -0.3 is 10.2 Å². The second-order valence-electron chi connectivity index (χ2n) is 10.5. The smallest absolute Gasteiger partial charge is 0.0946 e. The van der Waals surface area contributed by atoms with Gasteiger partial charge in [-0.25, -0.2) is 8.51 Å². The van der Waals surface area contributed by atoms with Gasteiger partial charge in [0.15, 0.2) is 0 Å². The Labute approximate surface area is 206 Å². The number of aryl methyl sites for hydroxylation is 1. The molecule has 1 aromatic heterocycles. The van der Waals surface area contributed by atoms with Crippen molar-refractivity contribution in [3.05, 3.63) is 58.9 Å². The largest absolute Gasteiger partial charge is 0.368 e. The summed E-state index contributed by atoms with van der Waals surface area (Å²) in [6, 6.07) is 12.5. The Morgan fingerprint density at radius 2 is 2.06 bits per heavy atom. The van der Waals surface area contributed by atoms with Crippen LogP contribution in [-0.2, 0) is 30.4 Å². The van der Waals surface area contributed by atoms with Crippen molar-refractivity contribution in [3.8, 4) is 0 Å². The van der Waals surface area contributed by atoms with Crippen molar-refractivity contribution in [2.45, 2.75) is 63.2 Å². The fourth-order valence-electron chi connectivity index (χ4n) is 6.63. The van der Waals surface area contributed by atoms with E-state index < -0.39 is 11.0 Å². The maximum absolute atomic E-state index is 12.5. The van der Waals surface area contributed by atoms with Crippen LogP contribution in [0.15, 0.2) is 36.5 Å². The summed E-state index contributed by atoms with van der Waals surface area (Å²) < 4.78 is 14.7. The van der Waals surface area contributed by atoms with Crippen LogP contribution >= 0.6 is 0 Å². The molecule has 6 nitrogen and oxygen atoms in total. The molecule has 1 aromatic carbocycles. The van der Waals surface area contributed by atoms with Crippen molar-refractivity contribution in [1.82, 2.24) is 19.5 Å². The molecule has 2 aromatic rings. The first-order chi connectivity index (χ1) is 16.7. The molecule has 1 unspecified atom stereocenters. The predicted molar refractivity (Wildman–Crippen MR) is 138 cm³/mol. The Morgan fingerprint density at radius 1 is 1.15 bits per heavy atom. The van der Waals surface area contributed by atoms with Crippen molar-refractivity contribution >= 4 is 16.7 Å². The molecule has 34 heavy (non-hydrogen) atoms. The van der Waals surface area contributed by atoms with Crippen molar-refractivity contribution in [2.75, 3.05) is 43.9 Å². The molecule has 4 aliphatic rings. The Balaban J connectivity index is 1.17. The van der Waals surface area contributed by atoms with E-state index in [4.69, 9.17) is 4.98 Å². The molecule has 2 saturated heterocycles. The number of rotatable bonds is 4. The van der Waals surface area contributed by atoms with Gasteiger partial charge in [0, 0.05) is 62.4 Å². The van der Waals surface area contributed by atoms with Gasteiger partial charge in [-0.2, -0.15) is 0 Å². The fourth-order valence-corrected chi connectivity index (χ4v) is 8.07. The summed E-state index contributed by atoms with van der Waals surface area (Å²) in [5.74, 6) is 0.846. The Hall–Kier alpha value is -1.80. The number of nitrogens with one attached hydrogen (secondary N) is 1. The molecule has 4 heterocycles. The van der Waals surface area contributed by atoms with Crippen LogP contribution in [0.1, 0.15) is 54.1 Å². The first kappa shape index (κ1) is 22.7. The van der Waals surface area contributed by atoms with Crippen LogP contribution < -0.4 is 10.2 Å². The minimum absolute atomic E-state index is 0.420. The number of hydrogen-bond donors (Lipinski definition) is 1. The first-order valence-corrected chi connectivity index (χ1v) is 14.3. The number of hydrogen-bond acceptors (Lipinski definition) is 5. The third-order valence-electron chi connectivity index (χ3n) is 8.37. The zero-order valence-corrected chi connectivity index (χ0v) is 21.1. The lowest BCUT2D eigenvalue weighted by Gasteiger charge is -2.45. The molecular weight excluding hydrogens is 442 g/mol. The number of aromatic nitrogens is 1.